The van der Waals surface area contributed by atoms with Crippen LogP contribution in [0.1, 0.15) is 36.7 Å². The minimum absolute atomic E-state index is 0.124. The van der Waals surface area contributed by atoms with Gasteiger partial charge in [0.1, 0.15) is 5.75 Å². The van der Waals surface area contributed by atoms with Crippen LogP contribution in [0.5, 0.6) is 5.75 Å². The Morgan fingerprint density at radius 2 is 1.92 bits per heavy atom. The summed E-state index contributed by atoms with van der Waals surface area (Å²) in [6, 6.07) is 7.80. The van der Waals surface area contributed by atoms with Crippen LogP contribution in [-0.4, -0.2) is 35.1 Å². The van der Waals surface area contributed by atoms with E-state index in [1.54, 1.807) is 7.11 Å². The molecule has 0 saturated heterocycles. The largest absolute Gasteiger partial charge is 0.497 e. The lowest BCUT2D eigenvalue weighted by Crippen LogP contribution is -2.28. The summed E-state index contributed by atoms with van der Waals surface area (Å²) in [7, 11) is 1.64. The van der Waals surface area contributed by atoms with Gasteiger partial charge in [-0.15, -0.1) is 0 Å². The van der Waals surface area contributed by atoms with Gasteiger partial charge in [0.15, 0.2) is 0 Å². The molecule has 0 unspecified atom stereocenters. The summed E-state index contributed by atoms with van der Waals surface area (Å²) in [5.74, 6) is 1.14. The van der Waals surface area contributed by atoms with Gasteiger partial charge in [0.2, 0.25) is 5.95 Å². The van der Waals surface area contributed by atoms with Gasteiger partial charge < -0.3 is 15.4 Å². The number of ether oxygens (including phenoxy) is 1. The number of aromatic nitrogens is 2. The van der Waals surface area contributed by atoms with Crippen molar-refractivity contribution in [3.05, 3.63) is 47.8 Å². The maximum absolute atomic E-state index is 12.1. The zero-order chi connectivity index (χ0) is 17.6. The fourth-order valence-electron chi connectivity index (χ4n) is 2.10. The molecule has 2 aromatic rings. The lowest BCUT2D eigenvalue weighted by Gasteiger charge is -2.20. The molecule has 0 aliphatic carbocycles. The van der Waals surface area contributed by atoms with Crippen LogP contribution in [0.25, 0.3) is 0 Å². The first-order valence-electron chi connectivity index (χ1n) is 7.89. The third-order valence-corrected chi connectivity index (χ3v) is 3.23. The molecule has 6 heteroatoms. The second-order valence-electron chi connectivity index (χ2n) is 6.53. The van der Waals surface area contributed by atoms with E-state index in [-0.39, 0.29) is 11.4 Å². The normalized spacial score (nSPS) is 11.0. The van der Waals surface area contributed by atoms with Crippen molar-refractivity contribution in [1.29, 1.82) is 0 Å². The fourth-order valence-corrected chi connectivity index (χ4v) is 2.10. The number of benzene rings is 1. The van der Waals surface area contributed by atoms with E-state index in [0.717, 1.165) is 17.7 Å². The Morgan fingerprint density at radius 3 is 2.54 bits per heavy atom. The number of nitrogens with one attached hydrogen (secondary N) is 2. The topological polar surface area (TPSA) is 76.1 Å². The van der Waals surface area contributed by atoms with Crippen LogP contribution < -0.4 is 15.4 Å². The van der Waals surface area contributed by atoms with Gasteiger partial charge in [-0.05, 0) is 44.9 Å². The summed E-state index contributed by atoms with van der Waals surface area (Å²) in [5, 5.41) is 6.03. The van der Waals surface area contributed by atoms with Gasteiger partial charge in [-0.25, -0.2) is 9.97 Å². The molecule has 2 N–H and O–H groups in total. The standard InChI is InChI=1S/C18H24N4O2/c1-18(2,3)22-17-20-11-14(12-21-17)16(23)19-9-8-13-6-5-7-15(10-13)24-4/h5-7,10-12H,8-9H2,1-4H3,(H,19,23)(H,20,21,22). The minimum Gasteiger partial charge on any atom is -0.497 e. The van der Waals surface area contributed by atoms with Gasteiger partial charge in [0.25, 0.3) is 5.91 Å². The molecule has 0 saturated carbocycles. The highest BCUT2D eigenvalue weighted by molar-refractivity contribution is 5.93. The molecule has 0 spiro atoms. The van der Waals surface area contributed by atoms with Gasteiger partial charge in [0.05, 0.1) is 12.7 Å². The average molecular weight is 328 g/mol. The number of anilines is 1. The smallest absolute Gasteiger partial charge is 0.254 e. The molecule has 0 aliphatic heterocycles. The first-order valence-corrected chi connectivity index (χ1v) is 7.89. The molecular formula is C18H24N4O2. The van der Waals surface area contributed by atoms with Crippen LogP contribution in [-0.2, 0) is 6.42 Å². The van der Waals surface area contributed by atoms with Crippen LogP contribution in [0.2, 0.25) is 0 Å². The summed E-state index contributed by atoms with van der Waals surface area (Å²) < 4.78 is 5.19. The first-order chi connectivity index (χ1) is 11.4. The number of carbonyl (C=O) groups is 1. The van der Waals surface area contributed by atoms with E-state index in [2.05, 4.69) is 20.6 Å². The molecule has 1 heterocycles. The third-order valence-electron chi connectivity index (χ3n) is 3.23. The summed E-state index contributed by atoms with van der Waals surface area (Å²) in [6.45, 7) is 6.61. The van der Waals surface area contributed by atoms with Crippen LogP contribution in [0.15, 0.2) is 36.7 Å². The second-order valence-corrected chi connectivity index (χ2v) is 6.53. The molecule has 24 heavy (non-hydrogen) atoms. The summed E-state index contributed by atoms with van der Waals surface area (Å²) in [6.07, 6.45) is 3.79. The quantitative estimate of drug-likeness (QED) is 0.852. The van der Waals surface area contributed by atoms with E-state index in [9.17, 15) is 4.79 Å². The molecule has 0 fully saturated rings. The van der Waals surface area contributed by atoms with Crippen molar-refractivity contribution in [2.75, 3.05) is 19.0 Å². The zero-order valence-corrected chi connectivity index (χ0v) is 14.6. The van der Waals surface area contributed by atoms with E-state index >= 15 is 0 Å². The number of rotatable bonds is 6. The highest BCUT2D eigenvalue weighted by atomic mass is 16.5. The van der Waals surface area contributed by atoms with Gasteiger partial charge in [-0.2, -0.15) is 0 Å². The van der Waals surface area contributed by atoms with Crippen molar-refractivity contribution in [2.24, 2.45) is 0 Å². The molecule has 1 aromatic heterocycles. The molecule has 0 aliphatic rings. The Bertz CT molecular complexity index is 678. The molecule has 0 bridgehead atoms. The van der Waals surface area contributed by atoms with Gasteiger partial charge >= 0.3 is 0 Å². The zero-order valence-electron chi connectivity index (χ0n) is 14.6. The number of hydrogen-bond acceptors (Lipinski definition) is 5. The minimum atomic E-state index is -0.180. The maximum Gasteiger partial charge on any atom is 0.254 e. The predicted molar refractivity (Wildman–Crippen MR) is 94.4 cm³/mol. The Hall–Kier alpha value is -2.63. The van der Waals surface area contributed by atoms with Gasteiger partial charge in [-0.1, -0.05) is 12.1 Å². The Balaban J connectivity index is 1.86. The van der Waals surface area contributed by atoms with Crippen molar-refractivity contribution >= 4 is 11.9 Å². The average Bonchev–Trinajstić information content (AvgIpc) is 2.54. The van der Waals surface area contributed by atoms with E-state index < -0.39 is 0 Å². The molecule has 1 amide bonds. The van der Waals surface area contributed by atoms with Crippen LogP contribution >= 0.6 is 0 Å². The Labute approximate surface area is 142 Å². The number of amides is 1. The summed E-state index contributed by atoms with van der Waals surface area (Å²) >= 11 is 0. The van der Waals surface area contributed by atoms with E-state index in [4.69, 9.17) is 4.74 Å². The van der Waals surface area contributed by atoms with Gasteiger partial charge in [-0.3, -0.25) is 4.79 Å². The lowest BCUT2D eigenvalue weighted by molar-refractivity contribution is 0.0953. The van der Waals surface area contributed by atoms with E-state index in [0.29, 0.717) is 18.1 Å². The SMILES string of the molecule is COc1cccc(CCNC(=O)c2cnc(NC(C)(C)C)nc2)c1. The number of hydrogen-bond donors (Lipinski definition) is 2. The molecule has 128 valence electrons. The Morgan fingerprint density at radius 1 is 1.21 bits per heavy atom. The van der Waals surface area contributed by atoms with Crippen LogP contribution in [0, 0.1) is 0 Å². The van der Waals surface area contributed by atoms with Crippen molar-refractivity contribution in [2.45, 2.75) is 32.7 Å². The monoisotopic (exact) mass is 328 g/mol. The highest BCUT2D eigenvalue weighted by Crippen LogP contribution is 2.13. The number of methoxy groups -OCH3 is 1. The predicted octanol–water partition coefficient (Wildman–Crippen LogP) is 2.67. The molecule has 0 radical (unpaired) electrons. The van der Waals surface area contributed by atoms with Crippen molar-refractivity contribution < 1.29 is 9.53 Å². The molecule has 0 atom stereocenters. The third kappa shape index (κ3) is 5.53. The fraction of sp³-hybridized carbons (Fsp3) is 0.389. The Kier molecular flexibility index (Phi) is 5.73. The van der Waals surface area contributed by atoms with Crippen LogP contribution in [0.4, 0.5) is 5.95 Å². The molecule has 1 aromatic carbocycles. The van der Waals surface area contributed by atoms with Gasteiger partial charge in [0, 0.05) is 24.5 Å². The van der Waals surface area contributed by atoms with E-state index in [1.165, 1.54) is 12.4 Å². The number of nitrogens with zero attached hydrogens (tertiary/aromatic N) is 2. The summed E-state index contributed by atoms with van der Waals surface area (Å²) in [4.78, 5) is 20.5. The highest BCUT2D eigenvalue weighted by Gasteiger charge is 2.12. The molecular weight excluding hydrogens is 304 g/mol. The molecule has 6 nitrogen and oxygen atoms in total. The van der Waals surface area contributed by atoms with Crippen LogP contribution in [0.3, 0.4) is 0 Å². The summed E-state index contributed by atoms with van der Waals surface area (Å²) in [5.41, 5.74) is 1.43. The number of carbonyl (C=O) groups excluding carboxylic acids is 1. The van der Waals surface area contributed by atoms with Crippen molar-refractivity contribution in [3.63, 3.8) is 0 Å². The van der Waals surface area contributed by atoms with Crippen molar-refractivity contribution in [1.82, 2.24) is 15.3 Å². The maximum atomic E-state index is 12.1. The van der Waals surface area contributed by atoms with E-state index in [1.807, 2.05) is 45.0 Å². The van der Waals surface area contributed by atoms with Crippen molar-refractivity contribution in [3.8, 4) is 5.75 Å². The molecule has 2 rings (SSSR count). The lowest BCUT2D eigenvalue weighted by atomic mass is 10.1. The second kappa shape index (κ2) is 7.77. The first kappa shape index (κ1) is 17.7.